The van der Waals surface area contributed by atoms with Gasteiger partial charge in [-0.15, -0.1) is 0 Å². The molecule has 0 saturated carbocycles. The number of alkyl halides is 3. The van der Waals surface area contributed by atoms with Crippen molar-refractivity contribution in [1.29, 1.82) is 0 Å². The second-order valence-corrected chi connectivity index (χ2v) is 4.10. The number of carboxylic acid groups (broad SMARTS) is 2. The summed E-state index contributed by atoms with van der Waals surface area (Å²) >= 11 is 0. The Kier molecular flexibility index (Phi) is 3.81. The smallest absolute Gasteiger partial charge is 0.433 e. The number of rotatable bonds is 3. The first-order valence-electron chi connectivity index (χ1n) is 5.72. The molecule has 0 atom stereocenters. The second kappa shape index (κ2) is 5.43. The third-order valence-corrected chi connectivity index (χ3v) is 2.68. The number of aromatic carboxylic acids is 2. The van der Waals surface area contributed by atoms with Gasteiger partial charge < -0.3 is 10.2 Å². The number of pyridine rings is 2. The fourth-order valence-corrected chi connectivity index (χ4v) is 1.74. The number of aromatic nitrogens is 2. The van der Waals surface area contributed by atoms with E-state index < -0.39 is 46.3 Å². The molecular weight excluding hydrogens is 305 g/mol. The number of carbonyl (C=O) groups is 2. The molecule has 114 valence electrons. The van der Waals surface area contributed by atoms with Gasteiger partial charge in [0.05, 0.1) is 11.1 Å². The Hall–Kier alpha value is -2.97. The van der Waals surface area contributed by atoms with Crippen LogP contribution in [0.5, 0.6) is 0 Å². The third kappa shape index (κ3) is 2.87. The minimum atomic E-state index is -4.80. The van der Waals surface area contributed by atoms with E-state index in [0.717, 1.165) is 12.3 Å². The van der Waals surface area contributed by atoms with Gasteiger partial charge >= 0.3 is 18.1 Å². The largest absolute Gasteiger partial charge is 0.478 e. The lowest BCUT2D eigenvalue weighted by Crippen LogP contribution is -2.13. The van der Waals surface area contributed by atoms with Crippen LogP contribution in [0.25, 0.3) is 11.4 Å². The first-order chi connectivity index (χ1) is 10.2. The average Bonchev–Trinajstić information content (AvgIpc) is 2.45. The van der Waals surface area contributed by atoms with Crippen LogP contribution in [-0.2, 0) is 6.18 Å². The molecule has 0 amide bonds. The maximum atomic E-state index is 12.7. The van der Waals surface area contributed by atoms with Gasteiger partial charge in [0.2, 0.25) is 0 Å². The highest BCUT2D eigenvalue weighted by Crippen LogP contribution is 2.31. The number of hydrogen-bond acceptors (Lipinski definition) is 4. The van der Waals surface area contributed by atoms with E-state index in [0.29, 0.717) is 12.1 Å². The van der Waals surface area contributed by atoms with Crippen LogP contribution >= 0.6 is 0 Å². The average molecular weight is 312 g/mol. The molecule has 2 aromatic rings. The lowest BCUT2D eigenvalue weighted by atomic mass is 10.1. The van der Waals surface area contributed by atoms with Crippen molar-refractivity contribution in [3.05, 3.63) is 47.3 Å². The molecule has 2 heterocycles. The molecule has 0 unspecified atom stereocenters. The Labute approximate surface area is 120 Å². The zero-order valence-corrected chi connectivity index (χ0v) is 10.6. The fourth-order valence-electron chi connectivity index (χ4n) is 1.74. The minimum Gasteiger partial charge on any atom is -0.478 e. The SMILES string of the molecule is O=C(O)c1cccnc1-c1nc(C(F)(F)F)ccc1C(=O)O. The van der Waals surface area contributed by atoms with Crippen LogP contribution in [0.3, 0.4) is 0 Å². The van der Waals surface area contributed by atoms with Crippen LogP contribution in [0.4, 0.5) is 13.2 Å². The highest BCUT2D eigenvalue weighted by Gasteiger charge is 2.34. The first kappa shape index (κ1) is 15.4. The predicted molar refractivity (Wildman–Crippen MR) is 66.4 cm³/mol. The minimum absolute atomic E-state index is 0.446. The Balaban J connectivity index is 2.78. The molecule has 0 saturated heterocycles. The molecule has 0 aliphatic carbocycles. The van der Waals surface area contributed by atoms with E-state index in [1.165, 1.54) is 6.07 Å². The second-order valence-electron chi connectivity index (χ2n) is 4.10. The molecule has 0 aromatic carbocycles. The molecule has 22 heavy (non-hydrogen) atoms. The van der Waals surface area contributed by atoms with Crippen molar-refractivity contribution < 1.29 is 33.0 Å². The van der Waals surface area contributed by atoms with Gasteiger partial charge in [0.1, 0.15) is 17.1 Å². The van der Waals surface area contributed by atoms with E-state index in [4.69, 9.17) is 10.2 Å². The highest BCUT2D eigenvalue weighted by atomic mass is 19.4. The molecule has 0 bridgehead atoms. The summed E-state index contributed by atoms with van der Waals surface area (Å²) in [5.74, 6) is -3.00. The molecule has 6 nitrogen and oxygen atoms in total. The molecular formula is C13H7F3N2O4. The quantitative estimate of drug-likeness (QED) is 0.903. The van der Waals surface area contributed by atoms with Gasteiger partial charge in [-0.25, -0.2) is 14.6 Å². The monoisotopic (exact) mass is 312 g/mol. The standard InChI is InChI=1S/C13H7F3N2O4/c14-13(15,16)8-4-3-7(12(21)22)10(18-8)9-6(11(19)20)2-1-5-17-9/h1-5H,(H,19,20)(H,21,22). The van der Waals surface area contributed by atoms with E-state index in [1.54, 1.807) is 0 Å². The molecule has 2 aromatic heterocycles. The number of carboxylic acids is 2. The summed E-state index contributed by atoms with van der Waals surface area (Å²) in [6.45, 7) is 0. The maximum absolute atomic E-state index is 12.7. The van der Waals surface area contributed by atoms with Crippen molar-refractivity contribution in [2.24, 2.45) is 0 Å². The van der Waals surface area contributed by atoms with Gasteiger partial charge in [0, 0.05) is 6.20 Å². The third-order valence-electron chi connectivity index (χ3n) is 2.68. The van der Waals surface area contributed by atoms with Gasteiger partial charge in [-0.3, -0.25) is 4.98 Å². The van der Waals surface area contributed by atoms with Crippen LogP contribution in [0, 0.1) is 0 Å². The van der Waals surface area contributed by atoms with Gasteiger partial charge in [0.15, 0.2) is 0 Å². The zero-order valence-electron chi connectivity index (χ0n) is 10.6. The number of halogens is 3. The summed E-state index contributed by atoms with van der Waals surface area (Å²) in [7, 11) is 0. The predicted octanol–water partition coefficient (Wildman–Crippen LogP) is 2.56. The Bertz CT molecular complexity index is 759. The van der Waals surface area contributed by atoms with E-state index >= 15 is 0 Å². The summed E-state index contributed by atoms with van der Waals surface area (Å²) in [4.78, 5) is 29.2. The summed E-state index contributed by atoms with van der Waals surface area (Å²) < 4.78 is 38.2. The molecule has 2 rings (SSSR count). The first-order valence-corrected chi connectivity index (χ1v) is 5.72. The fraction of sp³-hybridized carbons (Fsp3) is 0.0769. The van der Waals surface area contributed by atoms with Crippen molar-refractivity contribution in [2.45, 2.75) is 6.18 Å². The summed E-state index contributed by atoms with van der Waals surface area (Å²) in [5.41, 5.74) is -3.46. The summed E-state index contributed by atoms with van der Waals surface area (Å²) in [6, 6.07) is 3.59. The molecule has 0 aliphatic heterocycles. The lowest BCUT2D eigenvalue weighted by Gasteiger charge is -2.11. The van der Waals surface area contributed by atoms with Gasteiger partial charge in [-0.2, -0.15) is 13.2 Å². The summed E-state index contributed by atoms with van der Waals surface area (Å²) in [6.07, 6.45) is -3.67. The van der Waals surface area contributed by atoms with Gasteiger partial charge in [-0.1, -0.05) is 0 Å². The normalized spacial score (nSPS) is 11.2. The molecule has 2 N–H and O–H groups in total. The molecule has 0 radical (unpaired) electrons. The van der Waals surface area contributed by atoms with E-state index in [2.05, 4.69) is 9.97 Å². The van der Waals surface area contributed by atoms with Crippen molar-refractivity contribution in [1.82, 2.24) is 9.97 Å². The van der Waals surface area contributed by atoms with Crippen LogP contribution in [0.15, 0.2) is 30.5 Å². The van der Waals surface area contributed by atoms with E-state index in [-0.39, 0.29) is 0 Å². The highest BCUT2D eigenvalue weighted by molar-refractivity contribution is 5.99. The van der Waals surface area contributed by atoms with Crippen molar-refractivity contribution in [3.63, 3.8) is 0 Å². The van der Waals surface area contributed by atoms with Crippen LogP contribution in [0.2, 0.25) is 0 Å². The van der Waals surface area contributed by atoms with Gasteiger partial charge in [-0.05, 0) is 24.3 Å². The Morgan fingerprint density at radius 1 is 0.955 bits per heavy atom. The maximum Gasteiger partial charge on any atom is 0.433 e. The Morgan fingerprint density at radius 2 is 1.55 bits per heavy atom. The summed E-state index contributed by atoms with van der Waals surface area (Å²) in [5, 5.41) is 18.1. The Morgan fingerprint density at radius 3 is 2.09 bits per heavy atom. The van der Waals surface area contributed by atoms with Crippen molar-refractivity contribution in [2.75, 3.05) is 0 Å². The van der Waals surface area contributed by atoms with Crippen LogP contribution in [0.1, 0.15) is 26.4 Å². The zero-order chi connectivity index (χ0) is 16.5. The van der Waals surface area contributed by atoms with E-state index in [1.807, 2.05) is 0 Å². The number of nitrogens with zero attached hydrogens (tertiary/aromatic N) is 2. The van der Waals surface area contributed by atoms with Crippen molar-refractivity contribution in [3.8, 4) is 11.4 Å². The topological polar surface area (TPSA) is 100 Å². The lowest BCUT2D eigenvalue weighted by molar-refractivity contribution is -0.141. The molecule has 9 heteroatoms. The van der Waals surface area contributed by atoms with Crippen LogP contribution in [-0.4, -0.2) is 32.1 Å². The van der Waals surface area contributed by atoms with Gasteiger partial charge in [0.25, 0.3) is 0 Å². The van der Waals surface area contributed by atoms with E-state index in [9.17, 15) is 22.8 Å². The molecule has 0 fully saturated rings. The molecule has 0 spiro atoms. The molecule has 0 aliphatic rings. The van der Waals surface area contributed by atoms with Crippen molar-refractivity contribution >= 4 is 11.9 Å². The number of hydrogen-bond donors (Lipinski definition) is 2. The van der Waals surface area contributed by atoms with Crippen LogP contribution < -0.4 is 0 Å².